The van der Waals surface area contributed by atoms with Gasteiger partial charge in [0.1, 0.15) is 0 Å². The van der Waals surface area contributed by atoms with E-state index in [4.69, 9.17) is 32.7 Å². The molecule has 2 aromatic rings. The van der Waals surface area contributed by atoms with Crippen molar-refractivity contribution < 1.29 is 22.7 Å². The molecule has 1 aliphatic carbocycles. The van der Waals surface area contributed by atoms with Gasteiger partial charge in [-0.1, -0.05) is 42.5 Å². The molecule has 3 rings (SSSR count). The molecule has 0 unspecified atom stereocenters. The van der Waals surface area contributed by atoms with E-state index in [9.17, 15) is 13.2 Å². The van der Waals surface area contributed by atoms with Gasteiger partial charge < -0.3 is 14.8 Å². The highest BCUT2D eigenvalue weighted by atomic mass is 35.5. The average molecular weight is 501 g/mol. The second kappa shape index (κ2) is 10.7. The maximum atomic E-state index is 13.6. The van der Waals surface area contributed by atoms with Gasteiger partial charge in [-0.3, -0.25) is 4.79 Å². The van der Waals surface area contributed by atoms with Crippen molar-refractivity contribution in [2.24, 2.45) is 0 Å². The van der Waals surface area contributed by atoms with E-state index >= 15 is 0 Å². The van der Waals surface area contributed by atoms with E-state index < -0.39 is 15.9 Å². The predicted molar refractivity (Wildman–Crippen MR) is 125 cm³/mol. The Hall–Kier alpha value is -2.00. The molecule has 0 spiro atoms. The molecule has 10 heteroatoms. The molecule has 0 saturated heterocycles. The minimum absolute atomic E-state index is 0.0364. The monoisotopic (exact) mass is 500 g/mol. The maximum Gasteiger partial charge on any atom is 0.243 e. The Morgan fingerprint density at radius 2 is 1.72 bits per heavy atom. The van der Waals surface area contributed by atoms with Crippen LogP contribution in [0.1, 0.15) is 32.1 Å². The second-order valence-electron chi connectivity index (χ2n) is 7.53. The molecule has 1 saturated carbocycles. The standard InChI is InChI=1S/C22H26Cl2N2O5S/c1-30-20-11-9-17(13-21(20)31-2)32(28,29)26(16-6-4-3-5-7-16)14-22(27)25-19-12-15(23)8-10-18(19)24/h8-13,16H,3-7,14H2,1-2H3,(H,25,27). The summed E-state index contributed by atoms with van der Waals surface area (Å²) < 4.78 is 39.0. The Bertz CT molecular complexity index is 1070. The number of nitrogens with zero attached hydrogens (tertiary/aromatic N) is 1. The number of rotatable bonds is 8. The van der Waals surface area contributed by atoms with Crippen LogP contribution >= 0.6 is 23.2 Å². The van der Waals surface area contributed by atoms with Crippen molar-refractivity contribution in [1.82, 2.24) is 4.31 Å². The minimum Gasteiger partial charge on any atom is -0.493 e. The number of hydrogen-bond donors (Lipinski definition) is 1. The zero-order valence-corrected chi connectivity index (χ0v) is 20.3. The van der Waals surface area contributed by atoms with Gasteiger partial charge in [-0.2, -0.15) is 4.31 Å². The van der Waals surface area contributed by atoms with Crippen LogP contribution in [0, 0.1) is 0 Å². The van der Waals surface area contributed by atoms with E-state index in [0.717, 1.165) is 19.3 Å². The van der Waals surface area contributed by atoms with Crippen LogP contribution in [0.4, 0.5) is 5.69 Å². The quantitative estimate of drug-likeness (QED) is 0.552. The first-order chi connectivity index (χ1) is 15.3. The molecule has 1 aliphatic rings. The van der Waals surface area contributed by atoms with Crippen molar-refractivity contribution in [3.63, 3.8) is 0 Å². The maximum absolute atomic E-state index is 13.6. The molecule has 1 fully saturated rings. The Morgan fingerprint density at radius 3 is 2.38 bits per heavy atom. The van der Waals surface area contributed by atoms with Gasteiger partial charge in [0.05, 0.1) is 36.4 Å². The predicted octanol–water partition coefficient (Wildman–Crippen LogP) is 4.97. The number of ether oxygens (including phenoxy) is 2. The van der Waals surface area contributed by atoms with Gasteiger partial charge in [0.25, 0.3) is 0 Å². The highest BCUT2D eigenvalue weighted by Crippen LogP contribution is 2.33. The third-order valence-electron chi connectivity index (χ3n) is 5.45. The molecule has 1 amide bonds. The normalized spacial score (nSPS) is 14.9. The van der Waals surface area contributed by atoms with Crippen LogP contribution in [0.3, 0.4) is 0 Å². The number of hydrogen-bond acceptors (Lipinski definition) is 5. The zero-order chi connectivity index (χ0) is 23.3. The molecule has 0 bridgehead atoms. The SMILES string of the molecule is COc1ccc(S(=O)(=O)N(CC(=O)Nc2cc(Cl)ccc2Cl)C2CCCCC2)cc1OC. The van der Waals surface area contributed by atoms with Crippen LogP contribution in [0.25, 0.3) is 0 Å². The highest BCUT2D eigenvalue weighted by Gasteiger charge is 2.34. The fourth-order valence-corrected chi connectivity index (χ4v) is 5.81. The van der Waals surface area contributed by atoms with Crippen molar-refractivity contribution in [2.75, 3.05) is 26.1 Å². The molecule has 32 heavy (non-hydrogen) atoms. The van der Waals surface area contributed by atoms with Crippen molar-refractivity contribution in [2.45, 2.75) is 43.0 Å². The van der Waals surface area contributed by atoms with Crippen LogP contribution in [-0.2, 0) is 14.8 Å². The van der Waals surface area contributed by atoms with Gasteiger partial charge in [-0.15, -0.1) is 0 Å². The molecule has 1 N–H and O–H groups in total. The lowest BCUT2D eigenvalue weighted by atomic mass is 9.95. The van der Waals surface area contributed by atoms with Gasteiger partial charge in [0.15, 0.2) is 11.5 Å². The molecule has 0 radical (unpaired) electrons. The smallest absolute Gasteiger partial charge is 0.243 e. The van der Waals surface area contributed by atoms with E-state index in [-0.39, 0.29) is 17.5 Å². The lowest BCUT2D eigenvalue weighted by Crippen LogP contribution is -2.45. The van der Waals surface area contributed by atoms with E-state index in [0.29, 0.717) is 40.1 Å². The van der Waals surface area contributed by atoms with Gasteiger partial charge in [-0.25, -0.2) is 8.42 Å². The number of anilines is 1. The fourth-order valence-electron chi connectivity index (χ4n) is 3.82. The number of carbonyl (C=O) groups excluding carboxylic acids is 1. The lowest BCUT2D eigenvalue weighted by Gasteiger charge is -2.33. The molecule has 0 heterocycles. The summed E-state index contributed by atoms with van der Waals surface area (Å²) in [6, 6.07) is 8.83. The number of carbonyl (C=O) groups is 1. The third kappa shape index (κ3) is 5.67. The fraction of sp³-hybridized carbons (Fsp3) is 0.409. The Labute approximate surface area is 198 Å². The summed E-state index contributed by atoms with van der Waals surface area (Å²) >= 11 is 12.1. The van der Waals surface area contributed by atoms with Crippen LogP contribution in [0.5, 0.6) is 11.5 Å². The first-order valence-corrected chi connectivity index (χ1v) is 12.4. The Balaban J connectivity index is 1.91. The average Bonchev–Trinajstić information content (AvgIpc) is 2.79. The number of amides is 1. The van der Waals surface area contributed by atoms with E-state index in [1.54, 1.807) is 12.1 Å². The summed E-state index contributed by atoms with van der Waals surface area (Å²) in [4.78, 5) is 12.9. The summed E-state index contributed by atoms with van der Waals surface area (Å²) in [5, 5.41) is 3.40. The molecule has 0 atom stereocenters. The van der Waals surface area contributed by atoms with Crippen LogP contribution in [0.2, 0.25) is 10.0 Å². The molecular formula is C22H26Cl2N2O5S. The molecule has 174 valence electrons. The van der Waals surface area contributed by atoms with E-state index in [1.807, 2.05) is 0 Å². The highest BCUT2D eigenvalue weighted by molar-refractivity contribution is 7.89. The summed E-state index contributed by atoms with van der Waals surface area (Å²) in [5.41, 5.74) is 0.330. The molecule has 2 aromatic carbocycles. The van der Waals surface area contributed by atoms with E-state index in [2.05, 4.69) is 5.32 Å². The zero-order valence-electron chi connectivity index (χ0n) is 17.9. The lowest BCUT2D eigenvalue weighted by molar-refractivity contribution is -0.116. The number of halogens is 2. The van der Waals surface area contributed by atoms with Crippen molar-refractivity contribution in [3.05, 3.63) is 46.4 Å². The van der Waals surface area contributed by atoms with Gasteiger partial charge >= 0.3 is 0 Å². The Kier molecular flexibility index (Phi) is 8.27. The van der Waals surface area contributed by atoms with Crippen LogP contribution in [0.15, 0.2) is 41.3 Å². The van der Waals surface area contributed by atoms with Crippen molar-refractivity contribution in [3.8, 4) is 11.5 Å². The van der Waals surface area contributed by atoms with Crippen molar-refractivity contribution in [1.29, 1.82) is 0 Å². The van der Waals surface area contributed by atoms with Crippen LogP contribution < -0.4 is 14.8 Å². The second-order valence-corrected chi connectivity index (χ2v) is 10.3. The number of sulfonamides is 1. The third-order valence-corrected chi connectivity index (χ3v) is 7.90. The number of nitrogens with one attached hydrogen (secondary N) is 1. The summed E-state index contributed by atoms with van der Waals surface area (Å²) in [7, 11) is -1.07. The summed E-state index contributed by atoms with van der Waals surface area (Å²) in [6.07, 6.45) is 4.25. The number of methoxy groups -OCH3 is 2. The molecule has 0 aliphatic heterocycles. The minimum atomic E-state index is -3.99. The van der Waals surface area contributed by atoms with Gasteiger partial charge in [0.2, 0.25) is 15.9 Å². The Morgan fingerprint density at radius 1 is 1.03 bits per heavy atom. The topological polar surface area (TPSA) is 84.9 Å². The largest absolute Gasteiger partial charge is 0.493 e. The summed E-state index contributed by atoms with van der Waals surface area (Å²) in [6.45, 7) is -0.343. The van der Waals surface area contributed by atoms with Crippen molar-refractivity contribution >= 4 is 44.8 Å². The molecule has 7 nitrogen and oxygen atoms in total. The van der Waals surface area contributed by atoms with Gasteiger partial charge in [-0.05, 0) is 43.2 Å². The molecular weight excluding hydrogens is 475 g/mol. The van der Waals surface area contributed by atoms with E-state index in [1.165, 1.54) is 42.8 Å². The first-order valence-electron chi connectivity index (χ1n) is 10.2. The summed E-state index contributed by atoms with van der Waals surface area (Å²) in [5.74, 6) is 0.222. The van der Waals surface area contributed by atoms with Crippen LogP contribution in [-0.4, -0.2) is 45.4 Å². The van der Waals surface area contributed by atoms with Gasteiger partial charge in [0, 0.05) is 17.1 Å². The molecule has 0 aromatic heterocycles. The first kappa shape index (κ1) is 24.6. The number of benzene rings is 2.